The van der Waals surface area contributed by atoms with Crippen molar-refractivity contribution in [2.45, 2.75) is 6.18 Å². The first kappa shape index (κ1) is 11.2. The summed E-state index contributed by atoms with van der Waals surface area (Å²) in [5.41, 5.74) is -0.670. The second kappa shape index (κ2) is 3.94. The lowest BCUT2D eigenvalue weighted by molar-refractivity contribution is -0.137. The van der Waals surface area contributed by atoms with Crippen LogP contribution in [0.2, 0.25) is 0 Å². The fourth-order valence-electron chi connectivity index (χ4n) is 1.43. The lowest BCUT2D eigenvalue weighted by Gasteiger charge is -2.11. The molecule has 0 saturated carbocycles. The van der Waals surface area contributed by atoms with Crippen LogP contribution in [0.25, 0.3) is 5.69 Å². The van der Waals surface area contributed by atoms with Crippen LogP contribution in [0.3, 0.4) is 0 Å². The van der Waals surface area contributed by atoms with E-state index in [0.717, 1.165) is 10.7 Å². The van der Waals surface area contributed by atoms with Crippen LogP contribution in [-0.2, 0) is 6.18 Å². The van der Waals surface area contributed by atoms with Gasteiger partial charge in [-0.2, -0.15) is 23.5 Å². The topological polar surface area (TPSA) is 41.6 Å². The number of halogens is 3. The van der Waals surface area contributed by atoms with Crippen molar-refractivity contribution in [3.8, 4) is 11.8 Å². The third-order valence-corrected chi connectivity index (χ3v) is 2.17. The molecule has 0 radical (unpaired) electrons. The van der Waals surface area contributed by atoms with Gasteiger partial charge in [0.1, 0.15) is 6.07 Å². The van der Waals surface area contributed by atoms with Crippen LogP contribution in [0.4, 0.5) is 13.2 Å². The summed E-state index contributed by atoms with van der Waals surface area (Å²) in [6.07, 6.45) is -1.98. The van der Waals surface area contributed by atoms with E-state index in [9.17, 15) is 13.2 Å². The van der Waals surface area contributed by atoms with Crippen molar-refractivity contribution < 1.29 is 13.2 Å². The molecule has 3 nitrogen and oxygen atoms in total. The number of hydrogen-bond acceptors (Lipinski definition) is 2. The fourth-order valence-corrected chi connectivity index (χ4v) is 1.43. The number of alkyl halides is 3. The molecule has 0 amide bonds. The lowest BCUT2D eigenvalue weighted by atomic mass is 10.1. The second-order valence-corrected chi connectivity index (χ2v) is 3.30. The summed E-state index contributed by atoms with van der Waals surface area (Å²) in [5, 5.41) is 12.3. The molecular formula is C11H6F3N3. The second-order valence-electron chi connectivity index (χ2n) is 3.30. The predicted octanol–water partition coefficient (Wildman–Crippen LogP) is 2.76. The van der Waals surface area contributed by atoms with Crippen molar-refractivity contribution in [3.05, 3.63) is 47.8 Å². The Balaban J connectivity index is 2.56. The Kier molecular flexibility index (Phi) is 2.60. The molecule has 0 fully saturated rings. The SMILES string of the molecule is N#Cc1cnn(-c2ccccc2C(F)(F)F)c1. The van der Waals surface area contributed by atoms with Gasteiger partial charge in [-0.25, -0.2) is 4.68 Å². The van der Waals surface area contributed by atoms with E-state index in [1.807, 2.05) is 6.07 Å². The highest BCUT2D eigenvalue weighted by molar-refractivity contribution is 5.43. The molecule has 1 heterocycles. The van der Waals surface area contributed by atoms with E-state index in [-0.39, 0.29) is 11.3 Å². The van der Waals surface area contributed by atoms with Crippen molar-refractivity contribution in [2.75, 3.05) is 0 Å². The van der Waals surface area contributed by atoms with E-state index in [1.165, 1.54) is 30.6 Å². The van der Waals surface area contributed by atoms with Gasteiger partial charge in [0.15, 0.2) is 0 Å². The number of aromatic nitrogens is 2. The molecule has 0 aliphatic carbocycles. The quantitative estimate of drug-likeness (QED) is 0.765. The minimum Gasteiger partial charge on any atom is -0.239 e. The van der Waals surface area contributed by atoms with Gasteiger partial charge in [0, 0.05) is 6.20 Å². The lowest BCUT2D eigenvalue weighted by Crippen LogP contribution is -2.10. The highest BCUT2D eigenvalue weighted by Crippen LogP contribution is 2.33. The smallest absolute Gasteiger partial charge is 0.239 e. The Bertz CT molecular complexity index is 578. The summed E-state index contributed by atoms with van der Waals surface area (Å²) in [4.78, 5) is 0. The molecule has 0 N–H and O–H groups in total. The molecule has 17 heavy (non-hydrogen) atoms. The van der Waals surface area contributed by atoms with Crippen LogP contribution < -0.4 is 0 Å². The van der Waals surface area contributed by atoms with Crippen molar-refractivity contribution in [2.24, 2.45) is 0 Å². The zero-order valence-corrected chi connectivity index (χ0v) is 8.44. The van der Waals surface area contributed by atoms with Gasteiger partial charge in [-0.15, -0.1) is 0 Å². The van der Waals surface area contributed by atoms with Gasteiger partial charge in [-0.1, -0.05) is 12.1 Å². The number of para-hydroxylation sites is 1. The number of rotatable bonds is 1. The van der Waals surface area contributed by atoms with Crippen molar-refractivity contribution in [1.29, 1.82) is 5.26 Å². The van der Waals surface area contributed by atoms with Gasteiger partial charge in [-0.05, 0) is 12.1 Å². The minimum atomic E-state index is -4.45. The molecule has 0 bridgehead atoms. The van der Waals surface area contributed by atoms with Gasteiger partial charge < -0.3 is 0 Å². The number of nitrogens with zero attached hydrogens (tertiary/aromatic N) is 3. The molecule has 0 atom stereocenters. The van der Waals surface area contributed by atoms with E-state index in [4.69, 9.17) is 5.26 Å². The van der Waals surface area contributed by atoms with Crippen LogP contribution in [-0.4, -0.2) is 9.78 Å². The maximum atomic E-state index is 12.7. The Labute approximate surface area is 94.7 Å². The van der Waals surface area contributed by atoms with E-state index in [2.05, 4.69) is 5.10 Å². The van der Waals surface area contributed by atoms with Gasteiger partial charge in [0.25, 0.3) is 0 Å². The van der Waals surface area contributed by atoms with Gasteiger partial charge in [0.05, 0.1) is 23.0 Å². The summed E-state index contributed by atoms with van der Waals surface area (Å²) in [6, 6.07) is 6.88. The van der Waals surface area contributed by atoms with E-state index in [1.54, 1.807) is 0 Å². The van der Waals surface area contributed by atoms with Crippen LogP contribution in [0, 0.1) is 11.3 Å². The molecule has 0 aliphatic rings. The molecule has 2 aromatic rings. The number of hydrogen-bond donors (Lipinski definition) is 0. The molecule has 0 saturated heterocycles. The standard InChI is InChI=1S/C11H6F3N3/c12-11(13,14)9-3-1-2-4-10(9)17-7-8(5-15)6-16-17/h1-4,6-7H. The Morgan fingerprint density at radius 3 is 2.53 bits per heavy atom. The normalized spacial score (nSPS) is 11.2. The maximum absolute atomic E-state index is 12.7. The van der Waals surface area contributed by atoms with Crippen molar-refractivity contribution >= 4 is 0 Å². The summed E-state index contributed by atoms with van der Waals surface area (Å²) in [5.74, 6) is 0. The highest BCUT2D eigenvalue weighted by atomic mass is 19.4. The molecule has 0 spiro atoms. The van der Waals surface area contributed by atoms with Crippen molar-refractivity contribution in [3.63, 3.8) is 0 Å². The number of nitriles is 1. The summed E-state index contributed by atoms with van der Waals surface area (Å²) in [7, 11) is 0. The average Bonchev–Trinajstić information content (AvgIpc) is 2.76. The first-order chi connectivity index (χ1) is 8.02. The van der Waals surface area contributed by atoms with Gasteiger partial charge in [-0.3, -0.25) is 0 Å². The highest BCUT2D eigenvalue weighted by Gasteiger charge is 2.33. The zero-order chi connectivity index (χ0) is 12.5. The largest absolute Gasteiger partial charge is 0.418 e. The summed E-state index contributed by atoms with van der Waals surface area (Å²) in [6.45, 7) is 0. The molecule has 1 aromatic carbocycles. The maximum Gasteiger partial charge on any atom is 0.418 e. The zero-order valence-electron chi connectivity index (χ0n) is 8.44. The molecule has 86 valence electrons. The molecule has 0 unspecified atom stereocenters. The van der Waals surface area contributed by atoms with Crippen molar-refractivity contribution in [1.82, 2.24) is 9.78 Å². The fraction of sp³-hybridized carbons (Fsp3) is 0.0909. The Hall–Kier alpha value is -2.29. The molecular weight excluding hydrogens is 231 g/mol. The third-order valence-electron chi connectivity index (χ3n) is 2.17. The van der Waals surface area contributed by atoms with Gasteiger partial charge >= 0.3 is 6.18 Å². The van der Waals surface area contributed by atoms with E-state index < -0.39 is 11.7 Å². The number of benzene rings is 1. The molecule has 1 aromatic heterocycles. The van der Waals surface area contributed by atoms with Gasteiger partial charge in [0.2, 0.25) is 0 Å². The van der Waals surface area contributed by atoms with Crippen LogP contribution in [0.5, 0.6) is 0 Å². The minimum absolute atomic E-state index is 0.0958. The van der Waals surface area contributed by atoms with E-state index >= 15 is 0 Å². The first-order valence-electron chi connectivity index (χ1n) is 4.64. The predicted molar refractivity (Wildman–Crippen MR) is 53.3 cm³/mol. The first-order valence-corrected chi connectivity index (χ1v) is 4.64. The van der Waals surface area contributed by atoms with Crippen LogP contribution in [0.15, 0.2) is 36.7 Å². The third kappa shape index (κ3) is 2.13. The van der Waals surface area contributed by atoms with Crippen LogP contribution >= 0.6 is 0 Å². The molecule has 2 rings (SSSR count). The average molecular weight is 237 g/mol. The Morgan fingerprint density at radius 2 is 1.94 bits per heavy atom. The molecule has 6 heteroatoms. The summed E-state index contributed by atoms with van der Waals surface area (Å²) >= 11 is 0. The summed E-state index contributed by atoms with van der Waals surface area (Å²) < 4.78 is 39.2. The Morgan fingerprint density at radius 1 is 1.24 bits per heavy atom. The van der Waals surface area contributed by atoms with Crippen LogP contribution in [0.1, 0.15) is 11.1 Å². The monoisotopic (exact) mass is 237 g/mol. The molecule has 0 aliphatic heterocycles. The van der Waals surface area contributed by atoms with E-state index in [0.29, 0.717) is 0 Å².